The molecule has 1 unspecified atom stereocenters. The summed E-state index contributed by atoms with van der Waals surface area (Å²) in [5, 5.41) is 13.6. The largest absolute Gasteiger partial charge is 0.390 e. The van der Waals surface area contributed by atoms with Crippen LogP contribution in [-0.4, -0.2) is 23.3 Å². The minimum Gasteiger partial charge on any atom is -0.390 e. The van der Waals surface area contributed by atoms with E-state index in [4.69, 9.17) is 0 Å². The number of halogens is 2. The summed E-state index contributed by atoms with van der Waals surface area (Å²) in [6, 6.07) is 5.31. The van der Waals surface area contributed by atoms with Crippen LogP contribution in [0, 0.1) is 5.82 Å². The smallest absolute Gasteiger partial charge is 0.137 e. The standard InChI is InChI=1S/C14H21BrFNO/c1-10(2)17-8-7-14(3,18)9-11-5-4-6-12(16)13(11)15/h4-6,10,17-18H,7-9H2,1-3H3. The summed E-state index contributed by atoms with van der Waals surface area (Å²) in [6.07, 6.45) is 1.07. The molecular weight excluding hydrogens is 297 g/mol. The summed E-state index contributed by atoms with van der Waals surface area (Å²) in [7, 11) is 0. The van der Waals surface area contributed by atoms with Crippen LogP contribution in [0.1, 0.15) is 32.8 Å². The SMILES string of the molecule is CC(C)NCCC(C)(O)Cc1cccc(F)c1Br. The van der Waals surface area contributed by atoms with E-state index in [-0.39, 0.29) is 5.82 Å². The van der Waals surface area contributed by atoms with E-state index >= 15 is 0 Å². The van der Waals surface area contributed by atoms with Gasteiger partial charge in [0.05, 0.1) is 10.1 Å². The minimum absolute atomic E-state index is 0.288. The molecule has 0 radical (unpaired) electrons. The van der Waals surface area contributed by atoms with Crippen molar-refractivity contribution in [3.05, 3.63) is 34.1 Å². The lowest BCUT2D eigenvalue weighted by Crippen LogP contribution is -2.34. The number of nitrogens with one attached hydrogen (secondary N) is 1. The summed E-state index contributed by atoms with van der Waals surface area (Å²) in [5.41, 5.74) is -0.0392. The first kappa shape index (κ1) is 15.6. The van der Waals surface area contributed by atoms with Crippen LogP contribution >= 0.6 is 15.9 Å². The zero-order valence-corrected chi connectivity index (χ0v) is 12.7. The summed E-state index contributed by atoms with van der Waals surface area (Å²) in [4.78, 5) is 0. The van der Waals surface area contributed by atoms with Gasteiger partial charge in [0.2, 0.25) is 0 Å². The normalized spacial score (nSPS) is 14.8. The summed E-state index contributed by atoms with van der Waals surface area (Å²) in [6.45, 7) is 6.67. The molecule has 18 heavy (non-hydrogen) atoms. The van der Waals surface area contributed by atoms with Crippen LogP contribution < -0.4 is 5.32 Å². The van der Waals surface area contributed by atoms with E-state index in [1.54, 1.807) is 13.0 Å². The Labute approximate surface area is 117 Å². The van der Waals surface area contributed by atoms with Gasteiger partial charge in [0.1, 0.15) is 5.82 Å². The fourth-order valence-electron chi connectivity index (χ4n) is 1.81. The second kappa shape index (κ2) is 6.64. The first-order valence-electron chi connectivity index (χ1n) is 6.20. The molecule has 0 spiro atoms. The number of aliphatic hydroxyl groups is 1. The van der Waals surface area contributed by atoms with Crippen LogP contribution in [0.4, 0.5) is 4.39 Å². The highest BCUT2D eigenvalue weighted by atomic mass is 79.9. The van der Waals surface area contributed by atoms with Gasteiger partial charge in [-0.15, -0.1) is 0 Å². The molecule has 2 N–H and O–H groups in total. The van der Waals surface area contributed by atoms with Crippen molar-refractivity contribution in [2.45, 2.75) is 45.3 Å². The Kier molecular flexibility index (Phi) is 5.76. The highest BCUT2D eigenvalue weighted by Gasteiger charge is 2.22. The fourth-order valence-corrected chi connectivity index (χ4v) is 2.22. The fraction of sp³-hybridized carbons (Fsp3) is 0.571. The Bertz CT molecular complexity index is 393. The number of hydrogen-bond donors (Lipinski definition) is 2. The van der Waals surface area contributed by atoms with Gasteiger partial charge in [-0.05, 0) is 47.4 Å². The maximum atomic E-state index is 13.4. The number of rotatable bonds is 6. The van der Waals surface area contributed by atoms with Crippen molar-refractivity contribution in [1.29, 1.82) is 0 Å². The first-order valence-corrected chi connectivity index (χ1v) is 7.00. The van der Waals surface area contributed by atoms with Crippen molar-refractivity contribution in [3.8, 4) is 0 Å². The van der Waals surface area contributed by atoms with Gasteiger partial charge >= 0.3 is 0 Å². The van der Waals surface area contributed by atoms with Gasteiger partial charge in [0.15, 0.2) is 0 Å². The van der Waals surface area contributed by atoms with Crippen LogP contribution in [-0.2, 0) is 6.42 Å². The van der Waals surface area contributed by atoms with Crippen LogP contribution in [0.15, 0.2) is 22.7 Å². The van der Waals surface area contributed by atoms with Gasteiger partial charge in [-0.3, -0.25) is 0 Å². The Morgan fingerprint density at radius 3 is 2.72 bits per heavy atom. The molecule has 1 rings (SSSR count). The molecule has 1 atom stereocenters. The summed E-state index contributed by atoms with van der Waals surface area (Å²) >= 11 is 3.22. The predicted molar refractivity (Wildman–Crippen MR) is 76.2 cm³/mol. The maximum absolute atomic E-state index is 13.4. The molecule has 2 nitrogen and oxygen atoms in total. The second-order valence-corrected chi connectivity index (χ2v) is 6.04. The third kappa shape index (κ3) is 5.04. The lowest BCUT2D eigenvalue weighted by Gasteiger charge is -2.24. The van der Waals surface area contributed by atoms with Crippen molar-refractivity contribution in [1.82, 2.24) is 5.32 Å². The Morgan fingerprint density at radius 2 is 2.11 bits per heavy atom. The molecule has 102 valence electrons. The molecule has 0 aliphatic carbocycles. The molecule has 4 heteroatoms. The van der Waals surface area contributed by atoms with Crippen molar-refractivity contribution in [2.24, 2.45) is 0 Å². The molecule has 0 bridgehead atoms. The van der Waals surface area contributed by atoms with Crippen LogP contribution in [0.5, 0.6) is 0 Å². The third-order valence-electron chi connectivity index (χ3n) is 2.82. The predicted octanol–water partition coefficient (Wildman–Crippen LogP) is 3.27. The van der Waals surface area contributed by atoms with E-state index in [2.05, 4.69) is 35.1 Å². The molecule has 0 heterocycles. The Hall–Kier alpha value is -0.450. The van der Waals surface area contributed by atoms with Crippen LogP contribution in [0.3, 0.4) is 0 Å². The zero-order chi connectivity index (χ0) is 13.8. The molecule has 0 amide bonds. The molecule has 0 saturated carbocycles. The van der Waals surface area contributed by atoms with Crippen molar-refractivity contribution in [3.63, 3.8) is 0 Å². The molecule has 0 fully saturated rings. The monoisotopic (exact) mass is 317 g/mol. The van der Waals surface area contributed by atoms with Gasteiger partial charge in [-0.2, -0.15) is 0 Å². The summed E-state index contributed by atoms with van der Waals surface area (Å²) < 4.78 is 13.8. The molecular formula is C14H21BrFNO. The molecule has 0 aliphatic heterocycles. The average molecular weight is 318 g/mol. The first-order chi connectivity index (χ1) is 8.32. The van der Waals surface area contributed by atoms with E-state index in [1.807, 2.05) is 6.07 Å². The van der Waals surface area contributed by atoms with Crippen LogP contribution in [0.2, 0.25) is 0 Å². The molecule has 0 saturated heterocycles. The van der Waals surface area contributed by atoms with E-state index in [1.165, 1.54) is 6.07 Å². The molecule has 0 aromatic heterocycles. The van der Waals surface area contributed by atoms with Crippen molar-refractivity contribution in [2.75, 3.05) is 6.54 Å². The highest BCUT2D eigenvalue weighted by Crippen LogP contribution is 2.25. The number of benzene rings is 1. The average Bonchev–Trinajstić information content (AvgIpc) is 2.23. The Morgan fingerprint density at radius 1 is 1.44 bits per heavy atom. The molecule has 1 aromatic carbocycles. The minimum atomic E-state index is -0.835. The lowest BCUT2D eigenvalue weighted by atomic mass is 9.93. The van der Waals surface area contributed by atoms with Gasteiger partial charge in [-0.1, -0.05) is 26.0 Å². The van der Waals surface area contributed by atoms with E-state index in [0.29, 0.717) is 23.4 Å². The molecule has 1 aromatic rings. The van der Waals surface area contributed by atoms with Gasteiger partial charge in [0.25, 0.3) is 0 Å². The van der Waals surface area contributed by atoms with Crippen molar-refractivity contribution >= 4 is 15.9 Å². The van der Waals surface area contributed by atoms with E-state index < -0.39 is 5.60 Å². The molecule has 0 aliphatic rings. The third-order valence-corrected chi connectivity index (χ3v) is 3.71. The van der Waals surface area contributed by atoms with Gasteiger partial charge < -0.3 is 10.4 Å². The topological polar surface area (TPSA) is 32.3 Å². The maximum Gasteiger partial charge on any atom is 0.137 e. The Balaban J connectivity index is 2.61. The number of hydrogen-bond acceptors (Lipinski definition) is 2. The quantitative estimate of drug-likeness (QED) is 0.844. The van der Waals surface area contributed by atoms with Gasteiger partial charge in [-0.25, -0.2) is 4.39 Å². The van der Waals surface area contributed by atoms with E-state index in [0.717, 1.165) is 12.1 Å². The zero-order valence-electron chi connectivity index (χ0n) is 11.1. The second-order valence-electron chi connectivity index (χ2n) is 5.25. The lowest BCUT2D eigenvalue weighted by molar-refractivity contribution is 0.0508. The van der Waals surface area contributed by atoms with Crippen LogP contribution in [0.25, 0.3) is 0 Å². The highest BCUT2D eigenvalue weighted by molar-refractivity contribution is 9.10. The summed E-state index contributed by atoms with van der Waals surface area (Å²) in [5.74, 6) is -0.288. The van der Waals surface area contributed by atoms with Gasteiger partial charge in [0, 0.05) is 12.5 Å². The van der Waals surface area contributed by atoms with E-state index in [9.17, 15) is 9.50 Å². The van der Waals surface area contributed by atoms with Crippen molar-refractivity contribution < 1.29 is 9.50 Å².